The van der Waals surface area contributed by atoms with Crippen LogP contribution >= 0.6 is 39.1 Å². The van der Waals surface area contributed by atoms with E-state index in [-0.39, 0.29) is 0 Å². The molecule has 1 saturated carbocycles. The molecule has 0 radical (unpaired) electrons. The molecule has 1 aromatic rings. The van der Waals surface area contributed by atoms with Gasteiger partial charge in [0.15, 0.2) is 0 Å². The molecule has 1 fully saturated rings. The minimum atomic E-state index is 0.518. The smallest absolute Gasteiger partial charge is 0.0442 e. The lowest BCUT2D eigenvalue weighted by atomic mass is 9.84. The normalized spacial score (nSPS) is 26.6. The Morgan fingerprint density at radius 3 is 2.60 bits per heavy atom. The predicted molar refractivity (Wildman–Crippen MR) is 70.4 cm³/mol. The van der Waals surface area contributed by atoms with Gasteiger partial charge in [-0.1, -0.05) is 52.0 Å². The molecular weight excluding hydrogens is 295 g/mol. The number of benzene rings is 1. The third-order valence-electron chi connectivity index (χ3n) is 3.04. The maximum absolute atomic E-state index is 6.22. The fourth-order valence-electron chi connectivity index (χ4n) is 2.23. The van der Waals surface area contributed by atoms with Crippen LogP contribution in [-0.4, -0.2) is 4.83 Å². The molecule has 1 aliphatic rings. The maximum Gasteiger partial charge on any atom is 0.0442 e. The van der Waals surface area contributed by atoms with E-state index in [2.05, 4.69) is 15.9 Å². The molecular formula is C12H13BrCl2. The monoisotopic (exact) mass is 306 g/mol. The minimum absolute atomic E-state index is 0.518. The highest BCUT2D eigenvalue weighted by atomic mass is 79.9. The first-order chi connectivity index (χ1) is 7.18. The van der Waals surface area contributed by atoms with Crippen molar-refractivity contribution in [1.29, 1.82) is 0 Å². The molecule has 0 spiro atoms. The van der Waals surface area contributed by atoms with Crippen LogP contribution in [0.15, 0.2) is 18.2 Å². The van der Waals surface area contributed by atoms with Crippen molar-refractivity contribution in [2.24, 2.45) is 0 Å². The Kier molecular flexibility index (Phi) is 3.98. The average molecular weight is 308 g/mol. The van der Waals surface area contributed by atoms with E-state index in [9.17, 15) is 0 Å². The molecule has 2 rings (SSSR count). The predicted octanol–water partition coefficient (Wildman–Crippen LogP) is 5.41. The van der Waals surface area contributed by atoms with Gasteiger partial charge in [-0.3, -0.25) is 0 Å². The van der Waals surface area contributed by atoms with Gasteiger partial charge in [-0.2, -0.15) is 0 Å². The fourth-order valence-corrected chi connectivity index (χ4v) is 3.55. The molecule has 15 heavy (non-hydrogen) atoms. The van der Waals surface area contributed by atoms with E-state index >= 15 is 0 Å². The highest BCUT2D eigenvalue weighted by Gasteiger charge is 2.25. The summed E-state index contributed by atoms with van der Waals surface area (Å²) in [6, 6.07) is 5.75. The van der Waals surface area contributed by atoms with E-state index in [1.54, 1.807) is 0 Å². The Bertz CT molecular complexity index is 351. The van der Waals surface area contributed by atoms with Gasteiger partial charge in [0.1, 0.15) is 0 Å². The van der Waals surface area contributed by atoms with Gasteiger partial charge in [0.25, 0.3) is 0 Å². The quantitative estimate of drug-likeness (QED) is 0.608. The third-order valence-corrected chi connectivity index (χ3v) is 4.71. The van der Waals surface area contributed by atoms with Crippen LogP contribution in [0.1, 0.15) is 37.2 Å². The van der Waals surface area contributed by atoms with Crippen molar-refractivity contribution in [3.05, 3.63) is 33.8 Å². The summed E-state index contributed by atoms with van der Waals surface area (Å²) in [5.41, 5.74) is 1.20. The van der Waals surface area contributed by atoms with Gasteiger partial charge in [0, 0.05) is 14.9 Å². The van der Waals surface area contributed by atoms with Crippen molar-refractivity contribution in [1.82, 2.24) is 0 Å². The lowest BCUT2D eigenvalue weighted by molar-refractivity contribution is 0.461. The van der Waals surface area contributed by atoms with Gasteiger partial charge in [-0.25, -0.2) is 0 Å². The summed E-state index contributed by atoms with van der Waals surface area (Å²) in [6.45, 7) is 0. The fraction of sp³-hybridized carbons (Fsp3) is 0.500. The summed E-state index contributed by atoms with van der Waals surface area (Å²) < 4.78 is 0. The number of hydrogen-bond donors (Lipinski definition) is 0. The lowest BCUT2D eigenvalue weighted by Crippen LogP contribution is -2.17. The molecule has 0 nitrogen and oxygen atoms in total. The zero-order valence-corrected chi connectivity index (χ0v) is 11.4. The van der Waals surface area contributed by atoms with E-state index in [1.807, 2.05) is 18.2 Å². The zero-order valence-electron chi connectivity index (χ0n) is 8.35. The number of alkyl halides is 1. The zero-order chi connectivity index (χ0) is 10.8. The van der Waals surface area contributed by atoms with Crippen LogP contribution in [-0.2, 0) is 0 Å². The van der Waals surface area contributed by atoms with Crippen molar-refractivity contribution in [2.45, 2.75) is 36.4 Å². The molecule has 3 heteroatoms. The summed E-state index contributed by atoms with van der Waals surface area (Å²) in [5.74, 6) is 0.518. The topological polar surface area (TPSA) is 0 Å². The summed E-state index contributed by atoms with van der Waals surface area (Å²) >= 11 is 16.0. The molecule has 0 bridgehead atoms. The first-order valence-electron chi connectivity index (χ1n) is 5.27. The molecule has 1 aromatic carbocycles. The van der Waals surface area contributed by atoms with E-state index in [0.29, 0.717) is 10.7 Å². The summed E-state index contributed by atoms with van der Waals surface area (Å²) in [5, 5.41) is 1.62. The van der Waals surface area contributed by atoms with E-state index in [1.165, 1.54) is 31.2 Å². The summed E-state index contributed by atoms with van der Waals surface area (Å²) in [7, 11) is 0. The van der Waals surface area contributed by atoms with E-state index in [0.717, 1.165) is 10.0 Å². The van der Waals surface area contributed by atoms with Gasteiger partial charge in [0.05, 0.1) is 0 Å². The Balaban J connectivity index is 2.30. The van der Waals surface area contributed by atoms with Crippen molar-refractivity contribution >= 4 is 39.1 Å². The van der Waals surface area contributed by atoms with Crippen molar-refractivity contribution < 1.29 is 0 Å². The van der Waals surface area contributed by atoms with Crippen molar-refractivity contribution in [3.63, 3.8) is 0 Å². The van der Waals surface area contributed by atoms with Crippen LogP contribution in [0.25, 0.3) is 0 Å². The summed E-state index contributed by atoms with van der Waals surface area (Å²) in [6.07, 6.45) is 5.03. The lowest BCUT2D eigenvalue weighted by Gasteiger charge is -2.28. The largest absolute Gasteiger partial charge is 0.0884 e. The second-order valence-corrected chi connectivity index (χ2v) is 6.09. The molecule has 2 atom stereocenters. The molecule has 0 amide bonds. The minimum Gasteiger partial charge on any atom is -0.0884 e. The molecule has 2 unspecified atom stereocenters. The van der Waals surface area contributed by atoms with Crippen LogP contribution < -0.4 is 0 Å². The Hall–Kier alpha value is 0.280. The van der Waals surface area contributed by atoms with Crippen LogP contribution in [0.5, 0.6) is 0 Å². The second-order valence-electron chi connectivity index (χ2n) is 4.07. The number of halogens is 3. The standard InChI is InChI=1S/C12H13BrCl2/c13-11-4-2-1-3-9(11)10-7-8(14)5-6-12(10)15/h5-7,9,11H,1-4H2. The average Bonchev–Trinajstić information content (AvgIpc) is 2.23. The van der Waals surface area contributed by atoms with Crippen molar-refractivity contribution in [3.8, 4) is 0 Å². The van der Waals surface area contributed by atoms with Gasteiger partial charge >= 0.3 is 0 Å². The Morgan fingerprint density at radius 1 is 1.13 bits per heavy atom. The van der Waals surface area contributed by atoms with Crippen LogP contribution in [0, 0.1) is 0 Å². The van der Waals surface area contributed by atoms with Gasteiger partial charge in [0.2, 0.25) is 0 Å². The van der Waals surface area contributed by atoms with Crippen molar-refractivity contribution in [2.75, 3.05) is 0 Å². The van der Waals surface area contributed by atoms with Crippen LogP contribution in [0.3, 0.4) is 0 Å². The van der Waals surface area contributed by atoms with Gasteiger partial charge < -0.3 is 0 Å². The number of rotatable bonds is 1. The van der Waals surface area contributed by atoms with Gasteiger partial charge in [-0.05, 0) is 42.5 Å². The molecule has 0 saturated heterocycles. The van der Waals surface area contributed by atoms with Crippen LogP contribution in [0.4, 0.5) is 0 Å². The van der Waals surface area contributed by atoms with Gasteiger partial charge in [-0.15, -0.1) is 0 Å². The maximum atomic E-state index is 6.22. The molecule has 0 N–H and O–H groups in total. The first kappa shape index (κ1) is 11.8. The highest BCUT2D eigenvalue weighted by molar-refractivity contribution is 9.09. The highest BCUT2D eigenvalue weighted by Crippen LogP contribution is 2.40. The Morgan fingerprint density at radius 2 is 1.87 bits per heavy atom. The van der Waals surface area contributed by atoms with E-state index < -0.39 is 0 Å². The Labute approximate surface area is 109 Å². The van der Waals surface area contributed by atoms with E-state index in [4.69, 9.17) is 23.2 Å². The molecule has 0 aliphatic heterocycles. The SMILES string of the molecule is Clc1ccc(Cl)c(C2CCCCC2Br)c1. The molecule has 0 heterocycles. The second kappa shape index (κ2) is 5.07. The van der Waals surface area contributed by atoms with Crippen LogP contribution in [0.2, 0.25) is 10.0 Å². The third kappa shape index (κ3) is 2.69. The summed E-state index contributed by atoms with van der Waals surface area (Å²) in [4.78, 5) is 0.544. The first-order valence-corrected chi connectivity index (χ1v) is 6.94. The number of hydrogen-bond acceptors (Lipinski definition) is 0. The molecule has 1 aliphatic carbocycles. The molecule has 0 aromatic heterocycles. The molecule has 82 valence electrons.